The number of amides is 1. The van der Waals surface area contributed by atoms with Gasteiger partial charge in [-0.3, -0.25) is 4.79 Å². The van der Waals surface area contributed by atoms with Gasteiger partial charge in [0.15, 0.2) is 6.61 Å². The van der Waals surface area contributed by atoms with Gasteiger partial charge in [0.25, 0.3) is 5.91 Å². The smallest absolute Gasteiger partial charge is 0.331 e. The fraction of sp³-hybridized carbons (Fsp3) is 0.474. The molecule has 1 aliphatic carbocycles. The Hall–Kier alpha value is -2.17. The summed E-state index contributed by atoms with van der Waals surface area (Å²) in [6, 6.07) is 6.24. The number of esters is 1. The van der Waals surface area contributed by atoms with Gasteiger partial charge < -0.3 is 10.1 Å². The minimum Gasteiger partial charge on any atom is -0.452 e. The summed E-state index contributed by atoms with van der Waals surface area (Å²) in [7, 11) is 0. The van der Waals surface area contributed by atoms with Crippen molar-refractivity contribution in [2.45, 2.75) is 39.2 Å². The molecule has 0 radical (unpaired) electrons. The fourth-order valence-corrected chi connectivity index (χ4v) is 2.99. The molecule has 0 bridgehead atoms. The number of carbonyl (C=O) groups excluding carboxylic acids is 2. The monoisotopic (exact) mass is 333 g/mol. The number of ether oxygens (including phenoxy) is 1. The standard InChI is InChI=1S/C19H24FNO3/c1-13-6-5-9-17(14(13)2)21-18(22)12-24-19(23)11-10-15-7-3-4-8-16(15)20/h3-4,7-8,10-11,13-14,17H,5-6,9,12H2,1-2H3,(H,21,22)/b11-10+/t13-,14+,17+/m0/s1. The van der Waals surface area contributed by atoms with E-state index in [1.165, 1.54) is 18.6 Å². The van der Waals surface area contributed by atoms with Crippen molar-refractivity contribution in [3.05, 3.63) is 41.7 Å². The first-order chi connectivity index (χ1) is 11.5. The van der Waals surface area contributed by atoms with Crippen LogP contribution in [-0.4, -0.2) is 24.5 Å². The van der Waals surface area contributed by atoms with Crippen molar-refractivity contribution in [3.63, 3.8) is 0 Å². The van der Waals surface area contributed by atoms with Crippen molar-refractivity contribution in [1.82, 2.24) is 5.32 Å². The number of halogens is 1. The molecule has 1 aromatic rings. The van der Waals surface area contributed by atoms with Gasteiger partial charge in [-0.15, -0.1) is 0 Å². The summed E-state index contributed by atoms with van der Waals surface area (Å²) in [6.45, 7) is 4.01. The van der Waals surface area contributed by atoms with Crippen LogP contribution in [0.4, 0.5) is 4.39 Å². The average Bonchev–Trinajstić information content (AvgIpc) is 2.56. The van der Waals surface area contributed by atoms with Crippen LogP contribution in [0.1, 0.15) is 38.7 Å². The molecule has 24 heavy (non-hydrogen) atoms. The van der Waals surface area contributed by atoms with Gasteiger partial charge in [0, 0.05) is 17.7 Å². The lowest BCUT2D eigenvalue weighted by Crippen LogP contribution is -2.45. The Morgan fingerprint density at radius 3 is 2.79 bits per heavy atom. The van der Waals surface area contributed by atoms with Crippen LogP contribution in [0.2, 0.25) is 0 Å². The highest BCUT2D eigenvalue weighted by Gasteiger charge is 2.28. The van der Waals surface area contributed by atoms with Gasteiger partial charge in [0.05, 0.1) is 0 Å². The zero-order valence-corrected chi connectivity index (χ0v) is 14.1. The van der Waals surface area contributed by atoms with Crippen molar-refractivity contribution in [2.24, 2.45) is 11.8 Å². The van der Waals surface area contributed by atoms with Gasteiger partial charge in [-0.05, 0) is 30.4 Å². The molecule has 130 valence electrons. The molecule has 3 atom stereocenters. The quantitative estimate of drug-likeness (QED) is 0.664. The van der Waals surface area contributed by atoms with E-state index in [-0.39, 0.29) is 18.6 Å². The van der Waals surface area contributed by atoms with Crippen LogP contribution in [0.25, 0.3) is 6.08 Å². The molecule has 1 saturated carbocycles. The van der Waals surface area contributed by atoms with Crippen LogP contribution in [0.15, 0.2) is 30.3 Å². The second-order valence-electron chi connectivity index (χ2n) is 6.40. The molecule has 0 heterocycles. The Labute approximate surface area is 142 Å². The predicted molar refractivity (Wildman–Crippen MR) is 90.5 cm³/mol. The van der Waals surface area contributed by atoms with Crippen molar-refractivity contribution in [3.8, 4) is 0 Å². The van der Waals surface area contributed by atoms with E-state index in [9.17, 15) is 14.0 Å². The zero-order valence-electron chi connectivity index (χ0n) is 14.1. The minimum absolute atomic E-state index is 0.133. The van der Waals surface area contributed by atoms with E-state index in [0.29, 0.717) is 17.4 Å². The Balaban J connectivity index is 1.77. The summed E-state index contributed by atoms with van der Waals surface area (Å²) in [5.41, 5.74) is 0.295. The number of carbonyl (C=O) groups is 2. The molecular weight excluding hydrogens is 309 g/mol. The average molecular weight is 333 g/mol. The van der Waals surface area contributed by atoms with Crippen LogP contribution < -0.4 is 5.32 Å². The maximum absolute atomic E-state index is 13.4. The molecular formula is C19H24FNO3. The molecule has 4 nitrogen and oxygen atoms in total. The summed E-state index contributed by atoms with van der Waals surface area (Å²) in [5.74, 6) is -0.388. The van der Waals surface area contributed by atoms with E-state index in [1.807, 2.05) is 0 Å². The highest BCUT2D eigenvalue weighted by molar-refractivity contribution is 5.89. The number of nitrogens with one attached hydrogen (secondary N) is 1. The largest absolute Gasteiger partial charge is 0.452 e. The molecule has 1 fully saturated rings. The van der Waals surface area contributed by atoms with Crippen LogP contribution >= 0.6 is 0 Å². The Kier molecular flexibility index (Phi) is 6.53. The number of hydrogen-bond acceptors (Lipinski definition) is 3. The van der Waals surface area contributed by atoms with E-state index in [2.05, 4.69) is 19.2 Å². The van der Waals surface area contributed by atoms with Crippen molar-refractivity contribution in [1.29, 1.82) is 0 Å². The highest BCUT2D eigenvalue weighted by Crippen LogP contribution is 2.29. The minimum atomic E-state index is -0.668. The molecule has 1 amide bonds. The third-order valence-electron chi connectivity index (χ3n) is 4.70. The lowest BCUT2D eigenvalue weighted by molar-refractivity contribution is -0.144. The topological polar surface area (TPSA) is 55.4 Å². The normalized spacial score (nSPS) is 23.9. The molecule has 0 aromatic heterocycles. The maximum Gasteiger partial charge on any atom is 0.331 e. The van der Waals surface area contributed by atoms with Gasteiger partial charge >= 0.3 is 5.97 Å². The van der Waals surface area contributed by atoms with Gasteiger partial charge in [0.2, 0.25) is 0 Å². The molecule has 0 aliphatic heterocycles. The summed E-state index contributed by atoms with van der Waals surface area (Å²) in [5, 5.41) is 2.94. The molecule has 1 N–H and O–H groups in total. The second kappa shape index (κ2) is 8.62. The van der Waals surface area contributed by atoms with Gasteiger partial charge in [-0.25, -0.2) is 9.18 Å². The van der Waals surface area contributed by atoms with Crippen LogP contribution in [-0.2, 0) is 14.3 Å². The fourth-order valence-electron chi connectivity index (χ4n) is 2.99. The molecule has 0 unspecified atom stereocenters. The lowest BCUT2D eigenvalue weighted by Gasteiger charge is -2.34. The highest BCUT2D eigenvalue weighted by atomic mass is 19.1. The lowest BCUT2D eigenvalue weighted by atomic mass is 9.78. The Morgan fingerprint density at radius 1 is 1.29 bits per heavy atom. The third-order valence-corrected chi connectivity index (χ3v) is 4.70. The van der Waals surface area contributed by atoms with E-state index in [1.54, 1.807) is 18.2 Å². The SMILES string of the molecule is C[C@@H]1[C@@H](C)CCC[C@H]1NC(=O)COC(=O)/C=C/c1ccccc1F. The van der Waals surface area contributed by atoms with Crippen molar-refractivity contribution < 1.29 is 18.7 Å². The third kappa shape index (κ3) is 5.18. The van der Waals surface area contributed by atoms with Crippen LogP contribution in [0, 0.1) is 17.7 Å². The molecule has 2 rings (SSSR count). The predicted octanol–water partition coefficient (Wildman–Crippen LogP) is 3.32. The first-order valence-electron chi connectivity index (χ1n) is 8.36. The summed E-state index contributed by atoms with van der Waals surface area (Å²) in [6.07, 6.45) is 5.70. The molecule has 1 aliphatic rings. The Morgan fingerprint density at radius 2 is 2.04 bits per heavy atom. The van der Waals surface area contributed by atoms with Crippen LogP contribution in [0.3, 0.4) is 0 Å². The van der Waals surface area contributed by atoms with Gasteiger partial charge in [-0.2, -0.15) is 0 Å². The molecule has 0 saturated heterocycles. The molecule has 5 heteroatoms. The maximum atomic E-state index is 13.4. The summed E-state index contributed by atoms with van der Waals surface area (Å²) >= 11 is 0. The van der Waals surface area contributed by atoms with Gasteiger partial charge in [0.1, 0.15) is 5.82 Å². The Bertz CT molecular complexity index is 614. The first kappa shape index (κ1) is 18.2. The van der Waals surface area contributed by atoms with Crippen molar-refractivity contribution in [2.75, 3.05) is 6.61 Å². The second-order valence-corrected chi connectivity index (χ2v) is 6.40. The van der Waals surface area contributed by atoms with Crippen molar-refractivity contribution >= 4 is 18.0 Å². The summed E-state index contributed by atoms with van der Waals surface area (Å²) in [4.78, 5) is 23.6. The molecule has 1 aromatic carbocycles. The molecule has 0 spiro atoms. The van der Waals surface area contributed by atoms with Gasteiger partial charge in [-0.1, -0.05) is 44.9 Å². The van der Waals surface area contributed by atoms with E-state index >= 15 is 0 Å². The number of benzene rings is 1. The number of hydrogen-bond donors (Lipinski definition) is 1. The van der Waals surface area contributed by atoms with E-state index in [0.717, 1.165) is 18.9 Å². The van der Waals surface area contributed by atoms with E-state index < -0.39 is 11.8 Å². The van der Waals surface area contributed by atoms with Crippen LogP contribution in [0.5, 0.6) is 0 Å². The number of rotatable bonds is 5. The van der Waals surface area contributed by atoms with E-state index in [4.69, 9.17) is 4.74 Å². The summed E-state index contributed by atoms with van der Waals surface area (Å²) < 4.78 is 18.3. The zero-order chi connectivity index (χ0) is 17.5. The first-order valence-corrected chi connectivity index (χ1v) is 8.36.